The molecule has 5 heteroatoms. The summed E-state index contributed by atoms with van der Waals surface area (Å²) < 4.78 is 10.7. The highest BCUT2D eigenvalue weighted by Crippen LogP contribution is 2.14. The topological polar surface area (TPSA) is 54.7 Å². The van der Waals surface area contributed by atoms with E-state index in [0.29, 0.717) is 5.76 Å². The number of amides is 1. The molecule has 0 saturated carbocycles. The third-order valence-corrected chi connectivity index (χ3v) is 3.69. The van der Waals surface area contributed by atoms with Gasteiger partial charge < -0.3 is 14.5 Å². The van der Waals surface area contributed by atoms with E-state index in [2.05, 4.69) is 10.2 Å². The Labute approximate surface area is 129 Å². The summed E-state index contributed by atoms with van der Waals surface area (Å²) in [6.45, 7) is 6.27. The van der Waals surface area contributed by atoms with Gasteiger partial charge in [-0.2, -0.15) is 0 Å². The zero-order valence-corrected chi connectivity index (χ0v) is 12.7. The zero-order chi connectivity index (χ0) is 15.4. The minimum absolute atomic E-state index is 0.228. The van der Waals surface area contributed by atoms with Crippen LogP contribution in [-0.2, 0) is 11.3 Å². The normalized spacial score (nSPS) is 15.7. The van der Waals surface area contributed by atoms with Crippen molar-refractivity contribution in [1.29, 1.82) is 0 Å². The number of nitrogens with zero attached hydrogens (tertiary/aromatic N) is 1. The maximum Gasteiger partial charge on any atom is 0.291 e. The van der Waals surface area contributed by atoms with Crippen molar-refractivity contribution in [3.8, 4) is 0 Å². The van der Waals surface area contributed by atoms with Gasteiger partial charge in [0.25, 0.3) is 5.91 Å². The number of morpholine rings is 1. The van der Waals surface area contributed by atoms with E-state index in [1.165, 1.54) is 5.56 Å². The van der Waals surface area contributed by atoms with Crippen LogP contribution in [0.3, 0.4) is 0 Å². The van der Waals surface area contributed by atoms with Crippen molar-refractivity contribution in [2.45, 2.75) is 13.5 Å². The molecule has 116 valence electrons. The molecule has 0 unspecified atom stereocenters. The number of anilines is 1. The molecule has 1 aromatic carbocycles. The first kappa shape index (κ1) is 14.8. The lowest BCUT2D eigenvalue weighted by atomic mass is 10.2. The fourth-order valence-electron chi connectivity index (χ4n) is 2.46. The summed E-state index contributed by atoms with van der Waals surface area (Å²) in [6.07, 6.45) is 0. The third-order valence-electron chi connectivity index (χ3n) is 3.69. The van der Waals surface area contributed by atoms with Crippen LogP contribution in [0.4, 0.5) is 5.69 Å². The Morgan fingerprint density at radius 1 is 1.14 bits per heavy atom. The number of hydrogen-bond donors (Lipinski definition) is 1. The van der Waals surface area contributed by atoms with E-state index in [1.807, 2.05) is 31.2 Å². The lowest BCUT2D eigenvalue weighted by molar-refractivity contribution is 0.0342. The molecule has 0 atom stereocenters. The molecule has 2 heterocycles. The van der Waals surface area contributed by atoms with Gasteiger partial charge in [-0.1, -0.05) is 12.1 Å². The Morgan fingerprint density at radius 3 is 2.50 bits per heavy atom. The Morgan fingerprint density at radius 2 is 1.86 bits per heavy atom. The number of carbonyl (C=O) groups is 1. The Hall–Kier alpha value is -2.11. The Kier molecular flexibility index (Phi) is 4.56. The van der Waals surface area contributed by atoms with Crippen LogP contribution in [0.5, 0.6) is 0 Å². The first-order valence-electron chi connectivity index (χ1n) is 7.47. The van der Waals surface area contributed by atoms with Gasteiger partial charge >= 0.3 is 0 Å². The van der Waals surface area contributed by atoms with Crippen LogP contribution < -0.4 is 5.32 Å². The summed E-state index contributed by atoms with van der Waals surface area (Å²) >= 11 is 0. The number of benzene rings is 1. The van der Waals surface area contributed by atoms with E-state index >= 15 is 0 Å². The standard InChI is InChI=1S/C17H20N2O3/c1-13-2-7-16(22-13)17(20)18-15-5-3-14(4-6-15)12-19-8-10-21-11-9-19/h2-7H,8-12H2,1H3,(H,18,20). The molecule has 0 spiro atoms. The van der Waals surface area contributed by atoms with E-state index in [0.717, 1.165) is 44.3 Å². The van der Waals surface area contributed by atoms with Crippen molar-refractivity contribution in [3.05, 3.63) is 53.5 Å². The van der Waals surface area contributed by atoms with Crippen LogP contribution in [-0.4, -0.2) is 37.1 Å². The summed E-state index contributed by atoms with van der Waals surface area (Å²) in [5.41, 5.74) is 2.00. The molecule has 5 nitrogen and oxygen atoms in total. The van der Waals surface area contributed by atoms with Gasteiger partial charge in [-0.3, -0.25) is 9.69 Å². The van der Waals surface area contributed by atoms with Gasteiger partial charge in [0.2, 0.25) is 0 Å². The second-order valence-electron chi connectivity index (χ2n) is 5.45. The SMILES string of the molecule is Cc1ccc(C(=O)Nc2ccc(CN3CCOCC3)cc2)o1. The molecule has 0 radical (unpaired) electrons. The number of ether oxygens (including phenoxy) is 1. The van der Waals surface area contributed by atoms with Crippen molar-refractivity contribution in [1.82, 2.24) is 4.90 Å². The van der Waals surface area contributed by atoms with Gasteiger partial charge in [0.15, 0.2) is 5.76 Å². The molecule has 1 amide bonds. The van der Waals surface area contributed by atoms with Crippen LogP contribution in [0.1, 0.15) is 21.9 Å². The second-order valence-corrected chi connectivity index (χ2v) is 5.45. The van der Waals surface area contributed by atoms with Crippen LogP contribution in [0, 0.1) is 6.92 Å². The van der Waals surface area contributed by atoms with Crippen molar-refractivity contribution in [3.63, 3.8) is 0 Å². The molecule has 1 aromatic heterocycles. The Bertz CT molecular complexity index is 628. The fraction of sp³-hybridized carbons (Fsp3) is 0.353. The first-order valence-corrected chi connectivity index (χ1v) is 7.47. The predicted molar refractivity (Wildman–Crippen MR) is 83.9 cm³/mol. The summed E-state index contributed by atoms with van der Waals surface area (Å²) in [6, 6.07) is 11.4. The maximum absolute atomic E-state index is 12.0. The van der Waals surface area contributed by atoms with Gasteiger partial charge in [0, 0.05) is 25.3 Å². The molecule has 1 aliphatic heterocycles. The molecule has 3 rings (SSSR count). The minimum Gasteiger partial charge on any atom is -0.456 e. The van der Waals surface area contributed by atoms with E-state index in [-0.39, 0.29) is 5.91 Å². The average Bonchev–Trinajstić information content (AvgIpc) is 2.97. The van der Waals surface area contributed by atoms with Crippen molar-refractivity contribution in [2.24, 2.45) is 0 Å². The summed E-state index contributed by atoms with van der Waals surface area (Å²) in [7, 11) is 0. The summed E-state index contributed by atoms with van der Waals surface area (Å²) in [4.78, 5) is 14.4. The number of nitrogens with one attached hydrogen (secondary N) is 1. The fourth-order valence-corrected chi connectivity index (χ4v) is 2.46. The minimum atomic E-state index is -0.228. The number of hydrogen-bond acceptors (Lipinski definition) is 4. The number of furan rings is 1. The molecule has 1 N–H and O–H groups in total. The van der Waals surface area contributed by atoms with Crippen LogP contribution in [0.2, 0.25) is 0 Å². The largest absolute Gasteiger partial charge is 0.456 e. The Balaban J connectivity index is 1.58. The molecular weight excluding hydrogens is 280 g/mol. The number of aryl methyl sites for hydroxylation is 1. The highest BCUT2D eigenvalue weighted by molar-refractivity contribution is 6.02. The van der Waals surface area contributed by atoms with E-state index in [4.69, 9.17) is 9.15 Å². The van der Waals surface area contributed by atoms with Gasteiger partial charge in [-0.15, -0.1) is 0 Å². The maximum atomic E-state index is 12.0. The second kappa shape index (κ2) is 6.77. The third kappa shape index (κ3) is 3.75. The van der Waals surface area contributed by atoms with Crippen molar-refractivity contribution >= 4 is 11.6 Å². The molecule has 1 saturated heterocycles. The summed E-state index contributed by atoms with van der Waals surface area (Å²) in [5.74, 6) is 0.829. The summed E-state index contributed by atoms with van der Waals surface area (Å²) in [5, 5.41) is 2.84. The van der Waals surface area contributed by atoms with Gasteiger partial charge in [-0.05, 0) is 36.8 Å². The smallest absolute Gasteiger partial charge is 0.291 e. The van der Waals surface area contributed by atoms with Gasteiger partial charge in [0.05, 0.1) is 13.2 Å². The van der Waals surface area contributed by atoms with E-state index in [9.17, 15) is 4.79 Å². The molecule has 0 bridgehead atoms. The van der Waals surface area contributed by atoms with Crippen LogP contribution in [0.15, 0.2) is 40.8 Å². The van der Waals surface area contributed by atoms with Gasteiger partial charge in [0.1, 0.15) is 5.76 Å². The number of rotatable bonds is 4. The van der Waals surface area contributed by atoms with Crippen LogP contribution in [0.25, 0.3) is 0 Å². The van der Waals surface area contributed by atoms with Crippen molar-refractivity contribution < 1.29 is 13.9 Å². The van der Waals surface area contributed by atoms with Gasteiger partial charge in [-0.25, -0.2) is 0 Å². The monoisotopic (exact) mass is 300 g/mol. The van der Waals surface area contributed by atoms with Crippen LogP contribution >= 0.6 is 0 Å². The molecule has 0 aliphatic carbocycles. The highest BCUT2D eigenvalue weighted by atomic mass is 16.5. The molecule has 1 aliphatic rings. The molecule has 2 aromatic rings. The quantitative estimate of drug-likeness (QED) is 0.943. The van der Waals surface area contributed by atoms with E-state index < -0.39 is 0 Å². The highest BCUT2D eigenvalue weighted by Gasteiger charge is 2.12. The predicted octanol–water partition coefficient (Wildman–Crippen LogP) is 2.67. The molecule has 22 heavy (non-hydrogen) atoms. The molecular formula is C17H20N2O3. The average molecular weight is 300 g/mol. The lowest BCUT2D eigenvalue weighted by Crippen LogP contribution is -2.35. The lowest BCUT2D eigenvalue weighted by Gasteiger charge is -2.26. The zero-order valence-electron chi connectivity index (χ0n) is 12.7. The first-order chi connectivity index (χ1) is 10.7. The molecule has 1 fully saturated rings. The van der Waals surface area contributed by atoms with E-state index in [1.54, 1.807) is 12.1 Å². The number of carbonyl (C=O) groups excluding carboxylic acids is 1. The van der Waals surface area contributed by atoms with Crippen molar-refractivity contribution in [2.75, 3.05) is 31.6 Å².